The molecule has 0 aromatic heterocycles. The average molecular weight is 284 g/mol. The zero-order valence-corrected chi connectivity index (χ0v) is 13.7. The Hall–Kier alpha value is -0.610. The van der Waals surface area contributed by atoms with E-state index in [1.165, 1.54) is 32.1 Å². The van der Waals surface area contributed by atoms with E-state index in [2.05, 4.69) is 17.3 Å². The van der Waals surface area contributed by atoms with E-state index in [0.29, 0.717) is 12.6 Å². The summed E-state index contributed by atoms with van der Waals surface area (Å²) in [6.07, 6.45) is 7.46. The lowest BCUT2D eigenvalue weighted by molar-refractivity contribution is -0.151. The molecule has 0 aliphatic heterocycles. The van der Waals surface area contributed by atoms with E-state index in [0.717, 1.165) is 19.5 Å². The first kappa shape index (κ1) is 17.4. The van der Waals surface area contributed by atoms with Gasteiger partial charge in [0.2, 0.25) is 0 Å². The molecule has 4 nitrogen and oxygen atoms in total. The van der Waals surface area contributed by atoms with Crippen LogP contribution in [0.3, 0.4) is 0 Å². The van der Waals surface area contributed by atoms with Crippen molar-refractivity contribution in [3.05, 3.63) is 0 Å². The van der Waals surface area contributed by atoms with Crippen molar-refractivity contribution in [2.45, 2.75) is 70.9 Å². The summed E-state index contributed by atoms with van der Waals surface area (Å²) >= 11 is 0. The smallest absolute Gasteiger partial charge is 0.326 e. The standard InChI is InChI=1S/C16H32N2O2/c1-5-17-16(3,15(19)20-6-2)12-13-18(4)14-10-8-7-9-11-14/h14,17H,5-13H2,1-4H3. The van der Waals surface area contributed by atoms with Gasteiger partial charge in [-0.3, -0.25) is 4.79 Å². The zero-order valence-electron chi connectivity index (χ0n) is 13.7. The highest BCUT2D eigenvalue weighted by Gasteiger charge is 2.34. The molecule has 1 fully saturated rings. The maximum atomic E-state index is 12.1. The minimum absolute atomic E-state index is 0.126. The maximum Gasteiger partial charge on any atom is 0.326 e. The predicted molar refractivity (Wildman–Crippen MR) is 82.8 cm³/mol. The van der Waals surface area contributed by atoms with E-state index in [4.69, 9.17) is 4.74 Å². The number of carbonyl (C=O) groups is 1. The monoisotopic (exact) mass is 284 g/mol. The minimum Gasteiger partial charge on any atom is -0.465 e. The summed E-state index contributed by atoms with van der Waals surface area (Å²) in [7, 11) is 2.19. The molecule has 1 aliphatic rings. The van der Waals surface area contributed by atoms with Gasteiger partial charge in [0, 0.05) is 12.6 Å². The maximum absolute atomic E-state index is 12.1. The van der Waals surface area contributed by atoms with Gasteiger partial charge in [-0.15, -0.1) is 0 Å². The van der Waals surface area contributed by atoms with E-state index in [-0.39, 0.29) is 5.97 Å². The second-order valence-corrected chi connectivity index (χ2v) is 6.11. The fraction of sp³-hybridized carbons (Fsp3) is 0.938. The first-order valence-electron chi connectivity index (χ1n) is 8.16. The zero-order chi connectivity index (χ0) is 15.0. The molecule has 1 unspecified atom stereocenters. The van der Waals surface area contributed by atoms with Gasteiger partial charge in [0.25, 0.3) is 0 Å². The van der Waals surface area contributed by atoms with Crippen molar-refractivity contribution in [1.29, 1.82) is 0 Å². The highest BCUT2D eigenvalue weighted by Crippen LogP contribution is 2.23. The Labute approximate surface area is 124 Å². The normalized spacial score (nSPS) is 19.9. The van der Waals surface area contributed by atoms with Crippen LogP contribution in [0, 0.1) is 0 Å². The molecule has 1 atom stereocenters. The number of carbonyl (C=O) groups excluding carboxylic acids is 1. The average Bonchev–Trinajstić information content (AvgIpc) is 2.46. The van der Waals surface area contributed by atoms with Crippen LogP contribution in [0.1, 0.15) is 59.3 Å². The molecule has 1 aliphatic carbocycles. The Bertz CT molecular complexity index is 290. The molecule has 20 heavy (non-hydrogen) atoms. The molecule has 1 rings (SSSR count). The van der Waals surface area contributed by atoms with Gasteiger partial charge in [0.05, 0.1) is 6.61 Å². The van der Waals surface area contributed by atoms with Crippen LogP contribution in [0.5, 0.6) is 0 Å². The number of rotatable bonds is 8. The van der Waals surface area contributed by atoms with E-state index < -0.39 is 5.54 Å². The van der Waals surface area contributed by atoms with Crippen LogP contribution in [-0.4, -0.2) is 49.2 Å². The third-order valence-electron chi connectivity index (χ3n) is 4.46. The lowest BCUT2D eigenvalue weighted by Gasteiger charge is -2.34. The van der Waals surface area contributed by atoms with Crippen LogP contribution in [-0.2, 0) is 9.53 Å². The largest absolute Gasteiger partial charge is 0.465 e. The number of likely N-dealkylation sites (N-methyl/N-ethyl adjacent to an activating group) is 1. The van der Waals surface area contributed by atoms with Crippen molar-refractivity contribution in [1.82, 2.24) is 10.2 Å². The second-order valence-electron chi connectivity index (χ2n) is 6.11. The van der Waals surface area contributed by atoms with Gasteiger partial charge in [0.15, 0.2) is 0 Å². The topological polar surface area (TPSA) is 41.6 Å². The molecule has 0 spiro atoms. The van der Waals surface area contributed by atoms with Crippen LogP contribution in [0.15, 0.2) is 0 Å². The van der Waals surface area contributed by atoms with Gasteiger partial charge in [0.1, 0.15) is 5.54 Å². The molecule has 1 saturated carbocycles. The summed E-state index contributed by atoms with van der Waals surface area (Å²) < 4.78 is 5.22. The molecular weight excluding hydrogens is 252 g/mol. The van der Waals surface area contributed by atoms with Crippen LogP contribution in [0.4, 0.5) is 0 Å². The quantitative estimate of drug-likeness (QED) is 0.696. The lowest BCUT2D eigenvalue weighted by Crippen LogP contribution is -2.52. The molecule has 0 bridgehead atoms. The van der Waals surface area contributed by atoms with Crippen molar-refractivity contribution in [3.63, 3.8) is 0 Å². The van der Waals surface area contributed by atoms with E-state index in [1.807, 2.05) is 20.8 Å². The summed E-state index contributed by atoms with van der Waals surface area (Å²) in [5.41, 5.74) is -0.562. The molecular formula is C16H32N2O2. The molecule has 0 saturated heterocycles. The van der Waals surface area contributed by atoms with Crippen molar-refractivity contribution in [2.24, 2.45) is 0 Å². The number of ether oxygens (including phenoxy) is 1. The number of esters is 1. The van der Waals surface area contributed by atoms with Gasteiger partial charge in [-0.25, -0.2) is 0 Å². The summed E-state index contributed by atoms with van der Waals surface area (Å²) in [6.45, 7) is 8.01. The first-order valence-corrected chi connectivity index (χ1v) is 8.16. The van der Waals surface area contributed by atoms with Crippen molar-refractivity contribution in [3.8, 4) is 0 Å². The first-order chi connectivity index (χ1) is 9.53. The predicted octanol–water partition coefficient (Wildman–Crippen LogP) is 2.57. The SMILES string of the molecule is CCNC(C)(CCN(C)C1CCCCC1)C(=O)OCC. The number of nitrogens with zero attached hydrogens (tertiary/aromatic N) is 1. The third-order valence-corrected chi connectivity index (χ3v) is 4.46. The van der Waals surface area contributed by atoms with E-state index in [9.17, 15) is 4.79 Å². The van der Waals surface area contributed by atoms with Crippen LogP contribution >= 0.6 is 0 Å². The number of hydrogen-bond acceptors (Lipinski definition) is 4. The summed E-state index contributed by atoms with van der Waals surface area (Å²) in [4.78, 5) is 14.6. The second kappa shape index (κ2) is 8.63. The summed E-state index contributed by atoms with van der Waals surface area (Å²) in [5, 5.41) is 3.30. The lowest BCUT2D eigenvalue weighted by atomic mass is 9.93. The Morgan fingerprint density at radius 3 is 2.50 bits per heavy atom. The Morgan fingerprint density at radius 1 is 1.30 bits per heavy atom. The fourth-order valence-corrected chi connectivity index (χ4v) is 3.05. The van der Waals surface area contributed by atoms with Gasteiger partial charge in [-0.05, 0) is 46.7 Å². The molecule has 0 aromatic rings. The van der Waals surface area contributed by atoms with Gasteiger partial charge in [-0.2, -0.15) is 0 Å². The van der Waals surface area contributed by atoms with E-state index in [1.54, 1.807) is 0 Å². The fourth-order valence-electron chi connectivity index (χ4n) is 3.05. The van der Waals surface area contributed by atoms with Crippen LogP contribution in [0.2, 0.25) is 0 Å². The van der Waals surface area contributed by atoms with Crippen molar-refractivity contribution >= 4 is 5.97 Å². The number of hydrogen-bond donors (Lipinski definition) is 1. The molecule has 0 heterocycles. The van der Waals surface area contributed by atoms with Crippen LogP contribution in [0.25, 0.3) is 0 Å². The Kier molecular flexibility index (Phi) is 7.52. The third kappa shape index (κ3) is 5.06. The van der Waals surface area contributed by atoms with Crippen LogP contribution < -0.4 is 5.32 Å². The Morgan fingerprint density at radius 2 is 1.95 bits per heavy atom. The highest BCUT2D eigenvalue weighted by atomic mass is 16.5. The van der Waals surface area contributed by atoms with Crippen molar-refractivity contribution < 1.29 is 9.53 Å². The summed E-state index contributed by atoms with van der Waals surface area (Å²) in [5.74, 6) is -0.126. The molecule has 1 N–H and O–H groups in total. The van der Waals surface area contributed by atoms with Gasteiger partial charge in [-0.1, -0.05) is 26.2 Å². The highest BCUT2D eigenvalue weighted by molar-refractivity contribution is 5.80. The van der Waals surface area contributed by atoms with Gasteiger partial charge >= 0.3 is 5.97 Å². The summed E-state index contributed by atoms with van der Waals surface area (Å²) in [6, 6.07) is 0.692. The van der Waals surface area contributed by atoms with Gasteiger partial charge < -0.3 is 15.0 Å². The molecule has 0 aromatic carbocycles. The molecule has 0 radical (unpaired) electrons. The van der Waals surface area contributed by atoms with E-state index >= 15 is 0 Å². The molecule has 4 heteroatoms. The minimum atomic E-state index is -0.562. The number of nitrogens with one attached hydrogen (secondary N) is 1. The van der Waals surface area contributed by atoms with Crippen molar-refractivity contribution in [2.75, 3.05) is 26.7 Å². The Balaban J connectivity index is 2.50. The molecule has 0 amide bonds. The molecule has 118 valence electrons.